The Labute approximate surface area is 107 Å². The standard InChI is InChI=1S/C14H19NO3/c1-9-13(14(16)17)12(7-8-15-9)10-3-5-11(18-2)6-4-10/h3-6,9,12-13,15H,7-8H2,1-2H3,(H,16,17)/t9-,12?,13+/m1/s1. The zero-order valence-electron chi connectivity index (χ0n) is 10.7. The Balaban J connectivity index is 2.25. The summed E-state index contributed by atoms with van der Waals surface area (Å²) in [4.78, 5) is 11.4. The summed E-state index contributed by atoms with van der Waals surface area (Å²) in [5, 5.41) is 12.6. The zero-order chi connectivity index (χ0) is 13.1. The van der Waals surface area contributed by atoms with E-state index in [-0.39, 0.29) is 17.9 Å². The normalized spacial score (nSPS) is 27.8. The van der Waals surface area contributed by atoms with Gasteiger partial charge < -0.3 is 15.2 Å². The topological polar surface area (TPSA) is 58.6 Å². The number of rotatable bonds is 3. The van der Waals surface area contributed by atoms with E-state index in [0.29, 0.717) is 0 Å². The second-order valence-corrected chi connectivity index (χ2v) is 4.78. The third-order valence-corrected chi connectivity index (χ3v) is 3.72. The first kappa shape index (κ1) is 12.9. The number of ether oxygens (including phenoxy) is 1. The molecule has 1 aliphatic heterocycles. The van der Waals surface area contributed by atoms with E-state index in [1.54, 1.807) is 7.11 Å². The van der Waals surface area contributed by atoms with Crippen LogP contribution in [0.1, 0.15) is 24.8 Å². The molecule has 1 fully saturated rings. The Morgan fingerprint density at radius 1 is 1.39 bits per heavy atom. The van der Waals surface area contributed by atoms with Crippen molar-refractivity contribution in [1.82, 2.24) is 5.32 Å². The van der Waals surface area contributed by atoms with Crippen molar-refractivity contribution in [3.8, 4) is 5.75 Å². The molecule has 1 unspecified atom stereocenters. The summed E-state index contributed by atoms with van der Waals surface area (Å²) >= 11 is 0. The predicted molar refractivity (Wildman–Crippen MR) is 68.9 cm³/mol. The lowest BCUT2D eigenvalue weighted by Crippen LogP contribution is -2.46. The molecule has 0 radical (unpaired) electrons. The fourth-order valence-corrected chi connectivity index (χ4v) is 2.73. The molecule has 0 aromatic heterocycles. The van der Waals surface area contributed by atoms with Crippen LogP contribution in [0.25, 0.3) is 0 Å². The average Bonchev–Trinajstić information content (AvgIpc) is 2.38. The largest absolute Gasteiger partial charge is 0.497 e. The smallest absolute Gasteiger partial charge is 0.308 e. The molecular formula is C14H19NO3. The van der Waals surface area contributed by atoms with E-state index in [2.05, 4.69) is 5.32 Å². The first-order chi connectivity index (χ1) is 8.63. The summed E-state index contributed by atoms with van der Waals surface area (Å²) in [6.07, 6.45) is 0.855. The minimum absolute atomic E-state index is 0.00310. The Kier molecular flexibility index (Phi) is 3.87. The number of carboxylic acid groups (broad SMARTS) is 1. The van der Waals surface area contributed by atoms with Gasteiger partial charge in [-0.3, -0.25) is 4.79 Å². The second kappa shape index (κ2) is 5.40. The summed E-state index contributed by atoms with van der Waals surface area (Å²) in [6, 6.07) is 7.72. The molecule has 4 nitrogen and oxygen atoms in total. The van der Waals surface area contributed by atoms with Gasteiger partial charge in [-0.25, -0.2) is 0 Å². The van der Waals surface area contributed by atoms with Gasteiger partial charge in [0.15, 0.2) is 0 Å². The Hall–Kier alpha value is -1.55. The number of methoxy groups -OCH3 is 1. The highest BCUT2D eigenvalue weighted by molar-refractivity contribution is 5.72. The highest BCUT2D eigenvalue weighted by atomic mass is 16.5. The third-order valence-electron chi connectivity index (χ3n) is 3.72. The number of benzene rings is 1. The maximum absolute atomic E-state index is 11.4. The van der Waals surface area contributed by atoms with Gasteiger partial charge in [-0.2, -0.15) is 0 Å². The number of carboxylic acids is 1. The minimum Gasteiger partial charge on any atom is -0.497 e. The predicted octanol–water partition coefficient (Wildman–Crippen LogP) is 1.86. The van der Waals surface area contributed by atoms with Crippen LogP contribution in [-0.4, -0.2) is 30.8 Å². The van der Waals surface area contributed by atoms with Crippen molar-refractivity contribution >= 4 is 5.97 Å². The van der Waals surface area contributed by atoms with Crippen molar-refractivity contribution in [2.75, 3.05) is 13.7 Å². The molecule has 1 heterocycles. The summed E-state index contributed by atoms with van der Waals surface area (Å²) in [5.41, 5.74) is 1.08. The first-order valence-electron chi connectivity index (χ1n) is 6.23. The molecule has 0 spiro atoms. The van der Waals surface area contributed by atoms with Crippen LogP contribution >= 0.6 is 0 Å². The molecule has 3 atom stereocenters. The average molecular weight is 249 g/mol. The second-order valence-electron chi connectivity index (χ2n) is 4.78. The third kappa shape index (κ3) is 2.48. The van der Waals surface area contributed by atoms with E-state index in [1.807, 2.05) is 31.2 Å². The minimum atomic E-state index is -0.726. The van der Waals surface area contributed by atoms with E-state index >= 15 is 0 Å². The molecule has 2 rings (SSSR count). The Morgan fingerprint density at radius 2 is 2.06 bits per heavy atom. The van der Waals surface area contributed by atoms with Crippen LogP contribution in [0.2, 0.25) is 0 Å². The number of aliphatic carboxylic acids is 1. The molecule has 1 aliphatic rings. The van der Waals surface area contributed by atoms with E-state index in [0.717, 1.165) is 24.3 Å². The van der Waals surface area contributed by atoms with Gasteiger partial charge in [0.25, 0.3) is 0 Å². The van der Waals surface area contributed by atoms with Crippen LogP contribution in [0.5, 0.6) is 5.75 Å². The lowest BCUT2D eigenvalue weighted by Gasteiger charge is -2.34. The molecule has 0 bridgehead atoms. The maximum Gasteiger partial charge on any atom is 0.308 e. The van der Waals surface area contributed by atoms with Gasteiger partial charge in [-0.05, 0) is 43.5 Å². The van der Waals surface area contributed by atoms with E-state index in [1.165, 1.54) is 0 Å². The SMILES string of the molecule is COc1ccc(C2CCN[C@H](C)[C@@H]2C(=O)O)cc1. The molecule has 1 saturated heterocycles. The fourth-order valence-electron chi connectivity index (χ4n) is 2.73. The van der Waals surface area contributed by atoms with Gasteiger partial charge in [-0.15, -0.1) is 0 Å². The van der Waals surface area contributed by atoms with Gasteiger partial charge in [0.2, 0.25) is 0 Å². The number of hydrogen-bond acceptors (Lipinski definition) is 3. The quantitative estimate of drug-likeness (QED) is 0.858. The molecule has 98 valence electrons. The monoisotopic (exact) mass is 249 g/mol. The summed E-state index contributed by atoms with van der Waals surface area (Å²) in [5.74, 6) is -0.222. The van der Waals surface area contributed by atoms with E-state index < -0.39 is 5.97 Å². The molecule has 2 N–H and O–H groups in total. The number of hydrogen-bond donors (Lipinski definition) is 2. The van der Waals surface area contributed by atoms with Gasteiger partial charge in [0.05, 0.1) is 13.0 Å². The summed E-state index contributed by atoms with van der Waals surface area (Å²) in [6.45, 7) is 2.80. The van der Waals surface area contributed by atoms with Crippen LogP contribution in [0.3, 0.4) is 0 Å². The number of piperidine rings is 1. The van der Waals surface area contributed by atoms with Crippen molar-refractivity contribution < 1.29 is 14.6 Å². The molecule has 18 heavy (non-hydrogen) atoms. The van der Waals surface area contributed by atoms with Gasteiger partial charge in [-0.1, -0.05) is 12.1 Å². The molecular weight excluding hydrogens is 230 g/mol. The van der Waals surface area contributed by atoms with Crippen molar-refractivity contribution in [2.24, 2.45) is 5.92 Å². The van der Waals surface area contributed by atoms with Crippen molar-refractivity contribution in [2.45, 2.75) is 25.3 Å². The lowest BCUT2D eigenvalue weighted by atomic mass is 9.77. The molecule has 0 amide bonds. The summed E-state index contributed by atoms with van der Waals surface area (Å²) in [7, 11) is 1.63. The number of nitrogens with one attached hydrogen (secondary N) is 1. The maximum atomic E-state index is 11.4. The van der Waals surface area contributed by atoms with Gasteiger partial charge in [0.1, 0.15) is 5.75 Å². The highest BCUT2D eigenvalue weighted by Crippen LogP contribution is 2.34. The van der Waals surface area contributed by atoms with Gasteiger partial charge >= 0.3 is 5.97 Å². The molecule has 4 heteroatoms. The molecule has 1 aromatic carbocycles. The number of carbonyl (C=O) groups is 1. The Morgan fingerprint density at radius 3 is 2.61 bits per heavy atom. The highest BCUT2D eigenvalue weighted by Gasteiger charge is 2.36. The molecule has 0 saturated carbocycles. The zero-order valence-corrected chi connectivity index (χ0v) is 10.7. The fraction of sp³-hybridized carbons (Fsp3) is 0.500. The van der Waals surface area contributed by atoms with Crippen molar-refractivity contribution in [3.05, 3.63) is 29.8 Å². The van der Waals surface area contributed by atoms with Crippen molar-refractivity contribution in [3.63, 3.8) is 0 Å². The van der Waals surface area contributed by atoms with Crippen LogP contribution in [-0.2, 0) is 4.79 Å². The van der Waals surface area contributed by atoms with E-state index in [9.17, 15) is 9.90 Å². The van der Waals surface area contributed by atoms with Crippen LogP contribution in [0.4, 0.5) is 0 Å². The van der Waals surface area contributed by atoms with E-state index in [4.69, 9.17) is 4.74 Å². The molecule has 1 aromatic rings. The van der Waals surface area contributed by atoms with Crippen LogP contribution in [0.15, 0.2) is 24.3 Å². The molecule has 0 aliphatic carbocycles. The van der Waals surface area contributed by atoms with Crippen molar-refractivity contribution in [1.29, 1.82) is 0 Å². The summed E-state index contributed by atoms with van der Waals surface area (Å²) < 4.78 is 5.12. The van der Waals surface area contributed by atoms with Crippen LogP contribution < -0.4 is 10.1 Å². The first-order valence-corrected chi connectivity index (χ1v) is 6.23. The lowest BCUT2D eigenvalue weighted by molar-refractivity contribution is -0.144. The van der Waals surface area contributed by atoms with Gasteiger partial charge in [0, 0.05) is 6.04 Å². The van der Waals surface area contributed by atoms with Crippen LogP contribution in [0, 0.1) is 5.92 Å². The Bertz CT molecular complexity index is 416.